The summed E-state index contributed by atoms with van der Waals surface area (Å²) in [7, 11) is 0. The van der Waals surface area contributed by atoms with Gasteiger partial charge in [-0.2, -0.15) is 0 Å². The Labute approximate surface area is 315 Å². The van der Waals surface area contributed by atoms with E-state index in [2.05, 4.69) is 28.5 Å². The van der Waals surface area contributed by atoms with Crippen LogP contribution >= 0.6 is 0 Å². The molecule has 0 saturated carbocycles. The average molecular weight is 665 g/mol. The van der Waals surface area contributed by atoms with Crippen molar-refractivity contribution in [3.05, 3.63) is 116 Å². The van der Waals surface area contributed by atoms with E-state index in [-0.39, 0.29) is 87.5 Å². The second-order valence-electron chi connectivity index (χ2n) is 11.9. The zero-order valence-electron chi connectivity index (χ0n) is 26.4. The SMILES string of the molecule is CCCc1nc(C)n(-c2ccc(O[C@H]3C[C@@H](C)O[C@@H](C)C3)cc2)c(=O)c1Cc1ccc(-c2ccccc2-c2noc(=O)[nH]2)cc1F.[KH]. The number of halogens is 1. The Hall–Kier alpha value is -3.19. The van der Waals surface area contributed by atoms with Gasteiger partial charge in [-0.25, -0.2) is 14.2 Å². The predicted molar refractivity (Wildman–Crippen MR) is 180 cm³/mol. The Morgan fingerprint density at radius 3 is 2.34 bits per heavy atom. The molecule has 3 atom stereocenters. The molecule has 2 aromatic heterocycles. The van der Waals surface area contributed by atoms with Crippen molar-refractivity contribution in [1.29, 1.82) is 0 Å². The monoisotopic (exact) mass is 664 g/mol. The van der Waals surface area contributed by atoms with E-state index in [1.807, 2.05) is 50.2 Å². The van der Waals surface area contributed by atoms with Gasteiger partial charge in [0.15, 0.2) is 5.82 Å². The maximum absolute atomic E-state index is 15.8. The van der Waals surface area contributed by atoms with E-state index in [9.17, 15) is 9.59 Å². The van der Waals surface area contributed by atoms with Gasteiger partial charge < -0.3 is 9.47 Å². The van der Waals surface area contributed by atoms with Gasteiger partial charge in [0, 0.05) is 30.4 Å². The Bertz CT molecular complexity index is 1960. The first-order chi connectivity index (χ1) is 22.2. The summed E-state index contributed by atoms with van der Waals surface area (Å²) < 4.78 is 34.1. The van der Waals surface area contributed by atoms with Crippen LogP contribution in [0.2, 0.25) is 0 Å². The average Bonchev–Trinajstić information content (AvgIpc) is 3.46. The quantitative estimate of drug-likeness (QED) is 0.195. The van der Waals surface area contributed by atoms with Crippen LogP contribution < -0.4 is 16.1 Å². The molecular formula is C36H38FKN4O5. The van der Waals surface area contributed by atoms with Crippen LogP contribution in [-0.2, 0) is 17.6 Å². The van der Waals surface area contributed by atoms with Crippen molar-refractivity contribution in [3.63, 3.8) is 0 Å². The molecule has 1 saturated heterocycles. The van der Waals surface area contributed by atoms with Crippen LogP contribution in [0.4, 0.5) is 4.39 Å². The van der Waals surface area contributed by atoms with Gasteiger partial charge in [0.05, 0.1) is 23.6 Å². The number of benzene rings is 3. The number of nitrogens with one attached hydrogen (secondary N) is 1. The zero-order valence-corrected chi connectivity index (χ0v) is 26.4. The topological polar surface area (TPSA) is 112 Å². The van der Waals surface area contributed by atoms with Gasteiger partial charge >= 0.3 is 57.1 Å². The van der Waals surface area contributed by atoms with E-state index in [1.54, 1.807) is 28.8 Å². The fraction of sp³-hybridized carbons (Fsp3) is 0.333. The summed E-state index contributed by atoms with van der Waals surface area (Å²) in [6.07, 6.45) is 3.48. The molecule has 240 valence electrons. The molecule has 3 aromatic carbocycles. The van der Waals surface area contributed by atoms with Gasteiger partial charge in [-0.3, -0.25) is 18.9 Å². The first-order valence-corrected chi connectivity index (χ1v) is 15.7. The number of rotatable bonds is 9. The summed E-state index contributed by atoms with van der Waals surface area (Å²) in [6.45, 7) is 7.95. The molecule has 0 spiro atoms. The van der Waals surface area contributed by atoms with Gasteiger partial charge in [0.25, 0.3) is 5.56 Å². The number of nitrogens with zero attached hydrogens (tertiary/aromatic N) is 3. The molecular weight excluding hydrogens is 627 g/mol. The molecule has 47 heavy (non-hydrogen) atoms. The number of ether oxygens (including phenoxy) is 2. The molecule has 0 unspecified atom stereocenters. The Kier molecular flexibility index (Phi) is 11.5. The standard InChI is InChI=1S/C36H37FN4O5.K.H/c1-5-8-33-31(19-25-12-11-24(20-32(25)37)29-9-6-7-10-30(29)34-39-36(43)46-40-34)35(42)41(23(4)38-33)26-13-15-27(16-14-26)45-28-17-21(2)44-22(3)18-28;;/h6-7,9-16,20-22,28H,5,8,17-19H2,1-4H3,(H,39,40,43);;/t21-,22+,28+;;. The van der Waals surface area contributed by atoms with Crippen LogP contribution in [-0.4, -0.2) is 89.4 Å². The molecule has 1 N–H and O–H groups in total. The molecule has 1 aliphatic heterocycles. The third-order valence-corrected chi connectivity index (χ3v) is 8.32. The molecule has 9 nitrogen and oxygen atoms in total. The van der Waals surface area contributed by atoms with E-state index in [0.29, 0.717) is 51.4 Å². The Morgan fingerprint density at radius 1 is 1.00 bits per heavy atom. The number of H-pyrrole nitrogens is 1. The van der Waals surface area contributed by atoms with Crippen molar-refractivity contribution in [1.82, 2.24) is 19.7 Å². The fourth-order valence-corrected chi connectivity index (χ4v) is 6.29. The molecule has 0 bridgehead atoms. The molecule has 3 heterocycles. The van der Waals surface area contributed by atoms with Gasteiger partial charge in [-0.05, 0) is 74.2 Å². The number of hydrogen-bond acceptors (Lipinski definition) is 7. The third-order valence-electron chi connectivity index (χ3n) is 8.32. The molecule has 0 amide bonds. The van der Waals surface area contributed by atoms with Crippen molar-refractivity contribution in [2.24, 2.45) is 0 Å². The summed E-state index contributed by atoms with van der Waals surface area (Å²) in [4.78, 5) is 33.0. The van der Waals surface area contributed by atoms with Crippen molar-refractivity contribution in [2.75, 3.05) is 0 Å². The van der Waals surface area contributed by atoms with E-state index < -0.39 is 11.6 Å². The van der Waals surface area contributed by atoms with E-state index >= 15 is 4.39 Å². The van der Waals surface area contributed by atoms with E-state index in [0.717, 1.165) is 25.0 Å². The molecule has 0 aliphatic carbocycles. The van der Waals surface area contributed by atoms with E-state index in [4.69, 9.17) is 14.5 Å². The van der Waals surface area contributed by atoms with Gasteiger partial charge in [0.1, 0.15) is 23.5 Å². The van der Waals surface area contributed by atoms with Gasteiger partial charge in [-0.1, -0.05) is 54.9 Å². The number of aryl methyl sites for hydroxylation is 2. The van der Waals surface area contributed by atoms with E-state index in [1.165, 1.54) is 6.07 Å². The van der Waals surface area contributed by atoms with Crippen LogP contribution in [0.25, 0.3) is 28.2 Å². The molecule has 5 aromatic rings. The normalized spacial score (nSPS) is 17.7. The number of aromatic nitrogens is 4. The molecule has 1 aliphatic rings. The minimum absolute atomic E-state index is 0. The number of aromatic amines is 1. The van der Waals surface area contributed by atoms with Crippen LogP contribution in [0.5, 0.6) is 5.75 Å². The Morgan fingerprint density at radius 2 is 1.70 bits per heavy atom. The van der Waals surface area contributed by atoms with Crippen molar-refractivity contribution < 1.29 is 18.4 Å². The summed E-state index contributed by atoms with van der Waals surface area (Å²) in [5, 5.41) is 3.79. The van der Waals surface area contributed by atoms with Crippen molar-refractivity contribution >= 4 is 51.4 Å². The Balaban J connectivity index is 0.00000433. The molecule has 6 rings (SSSR count). The first-order valence-electron chi connectivity index (χ1n) is 15.7. The maximum atomic E-state index is 15.8. The second-order valence-corrected chi connectivity index (χ2v) is 11.9. The summed E-state index contributed by atoms with van der Waals surface area (Å²) >= 11 is 0. The molecule has 1 fully saturated rings. The molecule has 11 heteroatoms. The zero-order chi connectivity index (χ0) is 32.4. The van der Waals surface area contributed by atoms with Crippen molar-refractivity contribution in [2.45, 2.75) is 78.1 Å². The van der Waals surface area contributed by atoms with Crippen molar-refractivity contribution in [3.8, 4) is 34.0 Å². The third kappa shape index (κ3) is 7.93. The first kappa shape index (κ1) is 35.1. The number of hydrogen-bond donors (Lipinski definition) is 1. The van der Waals surface area contributed by atoms with Crippen LogP contribution in [0.3, 0.4) is 0 Å². The van der Waals surface area contributed by atoms with Gasteiger partial charge in [0.2, 0.25) is 0 Å². The predicted octanol–water partition coefficient (Wildman–Crippen LogP) is 5.92. The summed E-state index contributed by atoms with van der Waals surface area (Å²) in [6, 6.07) is 19.6. The van der Waals surface area contributed by atoms with Crippen LogP contribution in [0.1, 0.15) is 62.7 Å². The second kappa shape index (κ2) is 15.4. The summed E-state index contributed by atoms with van der Waals surface area (Å²) in [5.74, 6) is 0.433. The van der Waals surface area contributed by atoms with Gasteiger partial charge in [-0.15, -0.1) is 0 Å². The van der Waals surface area contributed by atoms with Crippen LogP contribution in [0, 0.1) is 12.7 Å². The fourth-order valence-electron chi connectivity index (χ4n) is 6.29. The molecule has 0 radical (unpaired) electrons. The van der Waals surface area contributed by atoms with Crippen LogP contribution in [0.15, 0.2) is 80.8 Å². The summed E-state index contributed by atoms with van der Waals surface area (Å²) in [5.41, 5.74) is 3.84. The minimum atomic E-state index is -0.671.